The predicted octanol–water partition coefficient (Wildman–Crippen LogP) is 0.442. The van der Waals surface area contributed by atoms with E-state index in [1.54, 1.807) is 4.68 Å². The number of nitrogens with zero attached hydrogens (tertiary/aromatic N) is 4. The van der Waals surface area contributed by atoms with Crippen LogP contribution in [0.3, 0.4) is 0 Å². The second kappa shape index (κ2) is 5.78. The Morgan fingerprint density at radius 3 is 2.76 bits per heavy atom. The van der Waals surface area contributed by atoms with Crippen LogP contribution < -0.4 is 5.32 Å². The average molecular weight is 291 g/mol. The molecule has 1 amide bonds. The average Bonchev–Trinajstić information content (AvgIpc) is 2.95. The number of carbonyl (C=O) groups excluding carboxylic acids is 1. The van der Waals surface area contributed by atoms with E-state index in [0.717, 1.165) is 5.69 Å². The first kappa shape index (κ1) is 14.8. The van der Waals surface area contributed by atoms with E-state index in [1.807, 2.05) is 26.1 Å². The molecule has 8 nitrogen and oxygen atoms in total. The first-order valence-electron chi connectivity index (χ1n) is 6.44. The number of aromatic nitrogens is 4. The minimum Gasteiger partial charge on any atom is -0.478 e. The zero-order valence-electron chi connectivity index (χ0n) is 12.1. The summed E-state index contributed by atoms with van der Waals surface area (Å²) in [6, 6.07) is 1.67. The van der Waals surface area contributed by atoms with Crippen molar-refractivity contribution in [3.05, 3.63) is 35.4 Å². The van der Waals surface area contributed by atoms with Gasteiger partial charge in [0.05, 0.1) is 18.4 Å². The molecule has 0 bridgehead atoms. The largest absolute Gasteiger partial charge is 0.478 e. The first-order valence-corrected chi connectivity index (χ1v) is 6.44. The number of carboxylic acids is 1. The Morgan fingerprint density at radius 2 is 2.19 bits per heavy atom. The first-order chi connectivity index (χ1) is 9.88. The Bertz CT molecular complexity index is 673. The van der Waals surface area contributed by atoms with E-state index >= 15 is 0 Å². The maximum absolute atomic E-state index is 12.2. The van der Waals surface area contributed by atoms with E-state index < -0.39 is 11.9 Å². The highest BCUT2D eigenvalue weighted by Gasteiger charge is 2.22. The van der Waals surface area contributed by atoms with Gasteiger partial charge in [-0.1, -0.05) is 0 Å². The second-order valence-electron chi connectivity index (χ2n) is 4.89. The molecular formula is C13H17N5O3. The van der Waals surface area contributed by atoms with Crippen LogP contribution in [0.5, 0.6) is 0 Å². The standard InChI is InChI=1S/C13H17N5O3/c1-8-4-5-18(16-8)7-9(2)15-12(19)11-10(13(20)21)6-14-17(11)3/h4-6,9H,7H2,1-3H3,(H,15,19)(H,20,21). The van der Waals surface area contributed by atoms with Crippen LogP contribution in [-0.4, -0.2) is 42.6 Å². The summed E-state index contributed by atoms with van der Waals surface area (Å²) >= 11 is 0. The highest BCUT2D eigenvalue weighted by Crippen LogP contribution is 2.08. The molecule has 0 radical (unpaired) electrons. The minimum atomic E-state index is -1.18. The maximum atomic E-state index is 12.2. The molecule has 0 spiro atoms. The molecule has 1 atom stereocenters. The third-order valence-electron chi connectivity index (χ3n) is 3.00. The lowest BCUT2D eigenvalue weighted by molar-refractivity contribution is 0.0689. The van der Waals surface area contributed by atoms with Crippen LogP contribution in [0, 0.1) is 6.92 Å². The SMILES string of the molecule is Cc1ccn(CC(C)NC(=O)c2c(C(=O)O)cnn2C)n1. The lowest BCUT2D eigenvalue weighted by Crippen LogP contribution is -2.37. The summed E-state index contributed by atoms with van der Waals surface area (Å²) < 4.78 is 2.98. The summed E-state index contributed by atoms with van der Waals surface area (Å²) in [4.78, 5) is 23.3. The number of aryl methyl sites for hydroxylation is 2. The van der Waals surface area contributed by atoms with Crippen molar-refractivity contribution >= 4 is 11.9 Å². The van der Waals surface area contributed by atoms with Crippen molar-refractivity contribution in [1.29, 1.82) is 0 Å². The van der Waals surface area contributed by atoms with Crippen molar-refractivity contribution in [3.63, 3.8) is 0 Å². The number of aromatic carboxylic acids is 1. The van der Waals surface area contributed by atoms with E-state index in [2.05, 4.69) is 15.5 Å². The van der Waals surface area contributed by atoms with Crippen LogP contribution in [-0.2, 0) is 13.6 Å². The molecule has 0 saturated carbocycles. The zero-order valence-corrected chi connectivity index (χ0v) is 12.1. The van der Waals surface area contributed by atoms with E-state index in [9.17, 15) is 9.59 Å². The van der Waals surface area contributed by atoms with Crippen LogP contribution in [0.1, 0.15) is 33.5 Å². The van der Waals surface area contributed by atoms with Gasteiger partial charge in [0, 0.05) is 19.3 Å². The van der Waals surface area contributed by atoms with E-state index in [-0.39, 0.29) is 17.3 Å². The number of nitrogens with one attached hydrogen (secondary N) is 1. The van der Waals surface area contributed by atoms with Crippen molar-refractivity contribution in [1.82, 2.24) is 24.9 Å². The fourth-order valence-electron chi connectivity index (χ4n) is 2.05. The van der Waals surface area contributed by atoms with Crippen molar-refractivity contribution in [3.8, 4) is 0 Å². The lowest BCUT2D eigenvalue weighted by Gasteiger charge is -2.14. The molecule has 2 aromatic rings. The molecule has 21 heavy (non-hydrogen) atoms. The fourth-order valence-corrected chi connectivity index (χ4v) is 2.05. The molecule has 2 aromatic heterocycles. The Labute approximate surface area is 121 Å². The number of hydrogen-bond acceptors (Lipinski definition) is 4. The minimum absolute atomic E-state index is 0.0333. The fraction of sp³-hybridized carbons (Fsp3) is 0.385. The van der Waals surface area contributed by atoms with Crippen LogP contribution in [0.2, 0.25) is 0 Å². The van der Waals surface area contributed by atoms with Gasteiger partial charge in [-0.3, -0.25) is 14.2 Å². The van der Waals surface area contributed by atoms with Gasteiger partial charge in [-0.15, -0.1) is 0 Å². The molecule has 1 unspecified atom stereocenters. The molecule has 0 fully saturated rings. The Morgan fingerprint density at radius 1 is 1.48 bits per heavy atom. The Hall–Kier alpha value is -2.64. The van der Waals surface area contributed by atoms with Gasteiger partial charge in [0.25, 0.3) is 5.91 Å². The van der Waals surface area contributed by atoms with Crippen LogP contribution in [0.25, 0.3) is 0 Å². The van der Waals surface area contributed by atoms with Gasteiger partial charge in [-0.25, -0.2) is 4.79 Å². The Kier molecular flexibility index (Phi) is 4.06. The number of amides is 1. The molecule has 0 aliphatic heterocycles. The predicted molar refractivity (Wildman–Crippen MR) is 74.1 cm³/mol. The molecule has 2 N–H and O–H groups in total. The molecule has 2 heterocycles. The molecule has 0 aliphatic rings. The molecule has 0 saturated heterocycles. The van der Waals surface area contributed by atoms with Gasteiger partial charge in [0.2, 0.25) is 0 Å². The third kappa shape index (κ3) is 3.28. The summed E-state index contributed by atoms with van der Waals surface area (Å²) in [5.74, 6) is -1.65. The van der Waals surface area contributed by atoms with Gasteiger partial charge in [-0.05, 0) is 19.9 Å². The van der Waals surface area contributed by atoms with Crippen molar-refractivity contribution < 1.29 is 14.7 Å². The highest BCUT2D eigenvalue weighted by atomic mass is 16.4. The maximum Gasteiger partial charge on any atom is 0.339 e. The van der Waals surface area contributed by atoms with E-state index in [0.29, 0.717) is 6.54 Å². The summed E-state index contributed by atoms with van der Waals surface area (Å²) in [7, 11) is 1.53. The van der Waals surface area contributed by atoms with Gasteiger partial charge in [-0.2, -0.15) is 10.2 Å². The molecular weight excluding hydrogens is 274 g/mol. The normalized spacial score (nSPS) is 12.1. The monoisotopic (exact) mass is 291 g/mol. The van der Waals surface area contributed by atoms with Crippen LogP contribution in [0.15, 0.2) is 18.5 Å². The van der Waals surface area contributed by atoms with Gasteiger partial charge < -0.3 is 10.4 Å². The zero-order chi connectivity index (χ0) is 15.6. The number of hydrogen-bond donors (Lipinski definition) is 2. The van der Waals surface area contributed by atoms with Crippen molar-refractivity contribution in [2.75, 3.05) is 0 Å². The summed E-state index contributed by atoms with van der Waals surface area (Å²) in [6.07, 6.45) is 2.99. The number of carbonyl (C=O) groups is 2. The van der Waals surface area contributed by atoms with Crippen molar-refractivity contribution in [2.24, 2.45) is 7.05 Å². The summed E-state index contributed by atoms with van der Waals surface area (Å²) in [5.41, 5.74) is 0.816. The second-order valence-corrected chi connectivity index (χ2v) is 4.89. The number of carboxylic acid groups (broad SMARTS) is 1. The van der Waals surface area contributed by atoms with Gasteiger partial charge in [0.15, 0.2) is 0 Å². The van der Waals surface area contributed by atoms with Gasteiger partial charge >= 0.3 is 5.97 Å². The smallest absolute Gasteiger partial charge is 0.339 e. The lowest BCUT2D eigenvalue weighted by atomic mass is 10.2. The van der Waals surface area contributed by atoms with Gasteiger partial charge in [0.1, 0.15) is 11.3 Å². The molecule has 8 heteroatoms. The topological polar surface area (TPSA) is 102 Å². The van der Waals surface area contributed by atoms with E-state index in [4.69, 9.17) is 5.11 Å². The Balaban J connectivity index is 2.07. The molecule has 2 rings (SSSR count). The van der Waals surface area contributed by atoms with Crippen LogP contribution in [0.4, 0.5) is 0 Å². The van der Waals surface area contributed by atoms with Crippen LogP contribution >= 0.6 is 0 Å². The highest BCUT2D eigenvalue weighted by molar-refractivity contribution is 6.03. The number of rotatable bonds is 5. The summed E-state index contributed by atoms with van der Waals surface area (Å²) in [5, 5.41) is 19.9. The van der Waals surface area contributed by atoms with Crippen molar-refractivity contribution in [2.45, 2.75) is 26.4 Å². The third-order valence-corrected chi connectivity index (χ3v) is 3.00. The molecule has 0 aromatic carbocycles. The quantitative estimate of drug-likeness (QED) is 0.832. The van der Waals surface area contributed by atoms with E-state index in [1.165, 1.54) is 17.9 Å². The molecule has 112 valence electrons. The molecule has 0 aliphatic carbocycles. The summed E-state index contributed by atoms with van der Waals surface area (Å²) in [6.45, 7) is 4.21.